The summed E-state index contributed by atoms with van der Waals surface area (Å²) < 4.78 is 25.1. The number of hydrogen-bond acceptors (Lipinski definition) is 3. The smallest absolute Gasteiger partial charge is 0.164 e. The molecule has 0 spiro atoms. The standard InChI is InChI=1S/C15H20FNO2/c1-10(16)12-8-13(11-2-4-17-5-3-11)15-14(9-12)18-6-7-19-15/h8-11,17H,2-7H2,1H3. The third-order valence-electron chi connectivity index (χ3n) is 3.93. The van der Waals surface area contributed by atoms with Gasteiger partial charge < -0.3 is 14.8 Å². The highest BCUT2D eigenvalue weighted by molar-refractivity contribution is 5.52. The van der Waals surface area contributed by atoms with Crippen molar-refractivity contribution in [1.82, 2.24) is 5.32 Å². The number of piperidine rings is 1. The lowest BCUT2D eigenvalue weighted by Crippen LogP contribution is -2.27. The fourth-order valence-corrected chi connectivity index (χ4v) is 2.87. The summed E-state index contributed by atoms with van der Waals surface area (Å²) >= 11 is 0. The Labute approximate surface area is 113 Å². The molecule has 1 unspecified atom stereocenters. The van der Waals surface area contributed by atoms with E-state index in [-0.39, 0.29) is 0 Å². The molecule has 1 fully saturated rings. The largest absolute Gasteiger partial charge is 0.486 e. The lowest BCUT2D eigenvalue weighted by atomic mass is 9.87. The van der Waals surface area contributed by atoms with Crippen LogP contribution in [0.15, 0.2) is 12.1 Å². The first kappa shape index (κ1) is 12.7. The highest BCUT2D eigenvalue weighted by Gasteiger charge is 2.25. The number of benzene rings is 1. The van der Waals surface area contributed by atoms with E-state index in [1.807, 2.05) is 6.07 Å². The van der Waals surface area contributed by atoms with Gasteiger partial charge in [0.25, 0.3) is 0 Å². The van der Waals surface area contributed by atoms with Gasteiger partial charge in [-0.1, -0.05) is 0 Å². The monoisotopic (exact) mass is 265 g/mol. The summed E-state index contributed by atoms with van der Waals surface area (Å²) in [6.45, 7) is 4.71. The second-order valence-electron chi connectivity index (χ2n) is 5.27. The van der Waals surface area contributed by atoms with Crippen molar-refractivity contribution in [2.45, 2.75) is 31.9 Å². The average molecular weight is 265 g/mol. The zero-order chi connectivity index (χ0) is 13.2. The summed E-state index contributed by atoms with van der Waals surface area (Å²) in [4.78, 5) is 0. The van der Waals surface area contributed by atoms with Crippen LogP contribution >= 0.6 is 0 Å². The van der Waals surface area contributed by atoms with Crippen molar-refractivity contribution in [3.63, 3.8) is 0 Å². The Hall–Kier alpha value is -1.29. The number of halogens is 1. The molecule has 0 aliphatic carbocycles. The Kier molecular flexibility index (Phi) is 3.60. The normalized spacial score (nSPS) is 21.2. The van der Waals surface area contributed by atoms with Crippen LogP contribution in [0.25, 0.3) is 0 Å². The molecular weight excluding hydrogens is 245 g/mol. The van der Waals surface area contributed by atoms with E-state index < -0.39 is 6.17 Å². The second-order valence-corrected chi connectivity index (χ2v) is 5.27. The Morgan fingerprint density at radius 2 is 1.95 bits per heavy atom. The third-order valence-corrected chi connectivity index (χ3v) is 3.93. The number of alkyl halides is 1. The number of nitrogens with one attached hydrogen (secondary N) is 1. The third kappa shape index (κ3) is 2.54. The molecule has 0 saturated carbocycles. The molecule has 104 valence electrons. The van der Waals surface area contributed by atoms with Crippen LogP contribution in [-0.4, -0.2) is 26.3 Å². The van der Waals surface area contributed by atoms with Gasteiger partial charge in [-0.05, 0) is 56.5 Å². The van der Waals surface area contributed by atoms with Crippen molar-refractivity contribution in [1.29, 1.82) is 0 Å². The van der Waals surface area contributed by atoms with Crippen molar-refractivity contribution < 1.29 is 13.9 Å². The minimum atomic E-state index is -0.976. The van der Waals surface area contributed by atoms with Gasteiger partial charge in [0.15, 0.2) is 11.5 Å². The van der Waals surface area contributed by atoms with Crippen LogP contribution < -0.4 is 14.8 Å². The van der Waals surface area contributed by atoms with E-state index >= 15 is 0 Å². The molecule has 1 aromatic rings. The van der Waals surface area contributed by atoms with Crippen molar-refractivity contribution >= 4 is 0 Å². The summed E-state index contributed by atoms with van der Waals surface area (Å²) in [6, 6.07) is 3.75. The maximum absolute atomic E-state index is 13.6. The van der Waals surface area contributed by atoms with Gasteiger partial charge in [-0.3, -0.25) is 0 Å². The predicted octanol–water partition coefficient (Wildman–Crippen LogP) is 2.96. The van der Waals surface area contributed by atoms with Gasteiger partial charge in [0, 0.05) is 5.56 Å². The van der Waals surface area contributed by atoms with Crippen molar-refractivity contribution in [3.05, 3.63) is 23.3 Å². The Balaban J connectivity index is 2.01. The summed E-state index contributed by atoms with van der Waals surface area (Å²) in [5, 5.41) is 3.36. The lowest BCUT2D eigenvalue weighted by molar-refractivity contribution is 0.168. The van der Waals surface area contributed by atoms with Gasteiger partial charge in [0.05, 0.1) is 0 Å². The van der Waals surface area contributed by atoms with Crippen LogP contribution in [-0.2, 0) is 0 Å². The molecule has 3 nitrogen and oxygen atoms in total. The zero-order valence-corrected chi connectivity index (χ0v) is 11.2. The van der Waals surface area contributed by atoms with E-state index in [2.05, 4.69) is 5.32 Å². The molecule has 2 aliphatic heterocycles. The molecule has 2 aliphatic rings. The highest BCUT2D eigenvalue weighted by atomic mass is 19.1. The van der Waals surface area contributed by atoms with Crippen LogP contribution in [0.3, 0.4) is 0 Å². The van der Waals surface area contributed by atoms with E-state index in [1.165, 1.54) is 0 Å². The Morgan fingerprint density at radius 3 is 2.68 bits per heavy atom. The van der Waals surface area contributed by atoms with Crippen molar-refractivity contribution in [2.24, 2.45) is 0 Å². The van der Waals surface area contributed by atoms with E-state index in [0.717, 1.165) is 37.2 Å². The maximum atomic E-state index is 13.6. The Bertz CT molecular complexity index is 456. The molecular formula is C15H20FNO2. The molecule has 0 bridgehead atoms. The van der Waals surface area contributed by atoms with Crippen LogP contribution in [0.1, 0.15) is 43.0 Å². The summed E-state index contributed by atoms with van der Waals surface area (Å²) in [7, 11) is 0. The van der Waals surface area contributed by atoms with E-state index in [0.29, 0.717) is 30.4 Å². The van der Waals surface area contributed by atoms with Crippen molar-refractivity contribution in [3.8, 4) is 11.5 Å². The van der Waals surface area contributed by atoms with Gasteiger partial charge in [-0.15, -0.1) is 0 Å². The van der Waals surface area contributed by atoms with Crippen molar-refractivity contribution in [2.75, 3.05) is 26.3 Å². The molecule has 0 amide bonds. The molecule has 4 heteroatoms. The molecule has 0 radical (unpaired) electrons. The van der Waals surface area contributed by atoms with Crippen LogP contribution in [0.5, 0.6) is 11.5 Å². The minimum absolute atomic E-state index is 0.440. The average Bonchev–Trinajstić information content (AvgIpc) is 2.47. The van der Waals surface area contributed by atoms with Crippen LogP contribution in [0.2, 0.25) is 0 Å². The van der Waals surface area contributed by atoms with Gasteiger partial charge in [-0.25, -0.2) is 4.39 Å². The predicted molar refractivity (Wildman–Crippen MR) is 71.8 cm³/mol. The molecule has 1 aromatic carbocycles. The molecule has 3 rings (SSSR count). The van der Waals surface area contributed by atoms with E-state index in [1.54, 1.807) is 13.0 Å². The maximum Gasteiger partial charge on any atom is 0.164 e. The van der Waals surface area contributed by atoms with E-state index in [9.17, 15) is 4.39 Å². The number of fused-ring (bicyclic) bond motifs is 1. The van der Waals surface area contributed by atoms with E-state index in [4.69, 9.17) is 9.47 Å². The number of rotatable bonds is 2. The summed E-state index contributed by atoms with van der Waals surface area (Å²) in [6.07, 6.45) is 1.16. The molecule has 0 aromatic heterocycles. The summed E-state index contributed by atoms with van der Waals surface area (Å²) in [5.74, 6) is 1.99. The number of hydrogen-bond donors (Lipinski definition) is 1. The molecule has 19 heavy (non-hydrogen) atoms. The fraction of sp³-hybridized carbons (Fsp3) is 0.600. The van der Waals surface area contributed by atoms with Gasteiger partial charge in [-0.2, -0.15) is 0 Å². The first-order valence-electron chi connectivity index (χ1n) is 7.04. The topological polar surface area (TPSA) is 30.5 Å². The summed E-state index contributed by atoms with van der Waals surface area (Å²) in [5.41, 5.74) is 1.82. The van der Waals surface area contributed by atoms with Gasteiger partial charge in [0.1, 0.15) is 19.4 Å². The first-order valence-corrected chi connectivity index (χ1v) is 7.04. The number of ether oxygens (including phenoxy) is 2. The minimum Gasteiger partial charge on any atom is -0.486 e. The van der Waals surface area contributed by atoms with Gasteiger partial charge >= 0.3 is 0 Å². The van der Waals surface area contributed by atoms with Gasteiger partial charge in [0.2, 0.25) is 0 Å². The molecule has 1 N–H and O–H groups in total. The zero-order valence-electron chi connectivity index (χ0n) is 11.2. The lowest BCUT2D eigenvalue weighted by Gasteiger charge is -2.29. The SMILES string of the molecule is CC(F)c1cc2c(c(C3CCNCC3)c1)OCCO2. The van der Waals surface area contributed by atoms with Crippen LogP contribution in [0, 0.1) is 0 Å². The molecule has 1 atom stereocenters. The van der Waals surface area contributed by atoms with Crippen LogP contribution in [0.4, 0.5) is 4.39 Å². The first-order chi connectivity index (χ1) is 9.25. The fourth-order valence-electron chi connectivity index (χ4n) is 2.87. The quantitative estimate of drug-likeness (QED) is 0.891. The second kappa shape index (κ2) is 5.37. The Morgan fingerprint density at radius 1 is 1.21 bits per heavy atom. The highest BCUT2D eigenvalue weighted by Crippen LogP contribution is 2.43. The molecule has 1 saturated heterocycles. The molecule has 2 heterocycles.